The highest BCUT2D eigenvalue weighted by molar-refractivity contribution is 8.00. The van der Waals surface area contributed by atoms with Crippen LogP contribution in [0.2, 0.25) is 4.34 Å². The first kappa shape index (κ1) is 13.9. The molecule has 21 heavy (non-hydrogen) atoms. The van der Waals surface area contributed by atoms with Gasteiger partial charge in [-0.3, -0.25) is 0 Å². The summed E-state index contributed by atoms with van der Waals surface area (Å²) in [5.74, 6) is 0. The van der Waals surface area contributed by atoms with E-state index in [0.717, 1.165) is 27.0 Å². The largest absolute Gasteiger partial charge is 0.378 e. The number of hydrogen-bond acceptors (Lipinski definition) is 5. The zero-order chi connectivity index (χ0) is 14.4. The van der Waals surface area contributed by atoms with E-state index in [1.165, 1.54) is 20.8 Å². The zero-order valence-corrected chi connectivity index (χ0v) is 14.6. The van der Waals surface area contributed by atoms with Crippen LogP contribution >= 0.6 is 46.0 Å². The molecule has 0 spiro atoms. The summed E-state index contributed by atoms with van der Waals surface area (Å²) < 4.78 is 3.26. The molecule has 0 saturated carbocycles. The fraction of sp³-hybridized carbons (Fsp3) is 0.267. The number of aryl methyl sites for hydroxylation is 1. The van der Waals surface area contributed by atoms with Crippen LogP contribution < -0.4 is 5.32 Å². The van der Waals surface area contributed by atoms with Crippen LogP contribution in [0.1, 0.15) is 22.9 Å². The van der Waals surface area contributed by atoms with Crippen LogP contribution in [0.3, 0.4) is 0 Å². The van der Waals surface area contributed by atoms with Gasteiger partial charge in [-0.25, -0.2) is 4.98 Å². The van der Waals surface area contributed by atoms with Crippen molar-refractivity contribution in [3.8, 4) is 0 Å². The number of rotatable bonds is 3. The van der Waals surface area contributed by atoms with Crippen LogP contribution in [-0.4, -0.2) is 11.2 Å². The molecule has 0 fully saturated rings. The molecule has 0 bridgehead atoms. The normalized spacial score (nSPS) is 17.3. The highest BCUT2D eigenvalue weighted by Crippen LogP contribution is 2.41. The summed E-state index contributed by atoms with van der Waals surface area (Å²) in [6.07, 6.45) is 4.34. The highest BCUT2D eigenvalue weighted by Gasteiger charge is 2.25. The van der Waals surface area contributed by atoms with Gasteiger partial charge in [0.1, 0.15) is 0 Å². The van der Waals surface area contributed by atoms with E-state index in [4.69, 9.17) is 11.6 Å². The van der Waals surface area contributed by atoms with Crippen molar-refractivity contribution >= 4 is 61.9 Å². The van der Waals surface area contributed by atoms with Gasteiger partial charge in [0.15, 0.2) is 4.34 Å². The summed E-state index contributed by atoms with van der Waals surface area (Å²) in [5, 5.41) is 3.65. The zero-order valence-electron chi connectivity index (χ0n) is 11.4. The molecule has 1 aliphatic carbocycles. The number of hydrogen-bond donors (Lipinski definition) is 1. The third kappa shape index (κ3) is 2.57. The Labute approximate surface area is 140 Å². The van der Waals surface area contributed by atoms with Crippen molar-refractivity contribution < 1.29 is 0 Å². The van der Waals surface area contributed by atoms with Gasteiger partial charge in [0.05, 0.1) is 20.6 Å². The third-order valence-corrected chi connectivity index (χ3v) is 7.07. The molecule has 1 atom stereocenters. The molecule has 6 heteroatoms. The minimum Gasteiger partial charge on any atom is -0.378 e. The van der Waals surface area contributed by atoms with Crippen LogP contribution in [-0.2, 0) is 6.42 Å². The number of anilines is 1. The van der Waals surface area contributed by atoms with Crippen molar-refractivity contribution in [2.45, 2.75) is 23.2 Å². The minimum atomic E-state index is 0.383. The van der Waals surface area contributed by atoms with Gasteiger partial charge in [-0.05, 0) is 48.9 Å². The minimum absolute atomic E-state index is 0.383. The fourth-order valence-corrected chi connectivity index (χ4v) is 5.65. The lowest BCUT2D eigenvalue weighted by Crippen LogP contribution is -2.06. The Bertz CT molecular complexity index is 808. The topological polar surface area (TPSA) is 24.9 Å². The van der Waals surface area contributed by atoms with Gasteiger partial charge in [0.2, 0.25) is 0 Å². The number of thiophene rings is 1. The van der Waals surface area contributed by atoms with E-state index in [-0.39, 0.29) is 0 Å². The average Bonchev–Trinajstić information content (AvgIpc) is 3.13. The van der Waals surface area contributed by atoms with E-state index < -0.39 is 0 Å². The van der Waals surface area contributed by atoms with E-state index in [1.807, 2.05) is 0 Å². The van der Waals surface area contributed by atoms with Crippen LogP contribution in [0.15, 0.2) is 28.6 Å². The first-order valence-corrected chi connectivity index (χ1v) is 9.96. The lowest BCUT2D eigenvalue weighted by atomic mass is 10.1. The maximum atomic E-state index is 6.13. The van der Waals surface area contributed by atoms with Crippen LogP contribution in [0.5, 0.6) is 0 Å². The molecule has 0 radical (unpaired) electrons. The van der Waals surface area contributed by atoms with Crippen molar-refractivity contribution in [3.63, 3.8) is 0 Å². The van der Waals surface area contributed by atoms with E-state index >= 15 is 0 Å². The Kier molecular flexibility index (Phi) is 3.61. The first-order chi connectivity index (χ1) is 10.2. The number of halogens is 1. The molecule has 2 nitrogen and oxygen atoms in total. The fourth-order valence-electron chi connectivity index (χ4n) is 2.76. The summed E-state index contributed by atoms with van der Waals surface area (Å²) in [5.41, 5.74) is 3.62. The molecule has 2 aromatic heterocycles. The second kappa shape index (κ2) is 5.47. The highest BCUT2D eigenvalue weighted by atomic mass is 35.5. The molecule has 2 heterocycles. The molecule has 108 valence electrons. The number of thioether (sulfide) groups is 1. The SMILES string of the molecule is CSc1nc2ccc(NC3CCc4sc(Cl)cc43)cc2s1. The van der Waals surface area contributed by atoms with E-state index in [1.54, 1.807) is 34.4 Å². The standard InChI is InChI=1S/C15H13ClN2S3/c1-19-15-18-11-3-2-8(6-13(11)21-15)17-10-4-5-12-9(10)7-14(16)20-12/h2-3,6-7,10,17H,4-5H2,1H3. The van der Waals surface area contributed by atoms with E-state index in [2.05, 4.69) is 40.8 Å². The summed E-state index contributed by atoms with van der Waals surface area (Å²) >= 11 is 11.3. The number of fused-ring (bicyclic) bond motifs is 2. The molecular weight excluding hydrogens is 340 g/mol. The molecule has 1 aliphatic rings. The lowest BCUT2D eigenvalue weighted by Gasteiger charge is -2.14. The molecular formula is C15H13ClN2S3. The van der Waals surface area contributed by atoms with E-state index in [0.29, 0.717) is 6.04 Å². The maximum Gasteiger partial charge on any atom is 0.150 e. The van der Waals surface area contributed by atoms with Crippen LogP contribution in [0.25, 0.3) is 10.2 Å². The van der Waals surface area contributed by atoms with Crippen molar-refractivity contribution in [2.24, 2.45) is 0 Å². The summed E-state index contributed by atoms with van der Waals surface area (Å²) in [6, 6.07) is 8.93. The smallest absolute Gasteiger partial charge is 0.150 e. The lowest BCUT2D eigenvalue weighted by molar-refractivity contribution is 0.762. The third-order valence-electron chi connectivity index (χ3n) is 3.73. The summed E-state index contributed by atoms with van der Waals surface area (Å²) in [4.78, 5) is 6.01. The number of nitrogens with one attached hydrogen (secondary N) is 1. The molecule has 0 aliphatic heterocycles. The van der Waals surface area contributed by atoms with Gasteiger partial charge < -0.3 is 5.32 Å². The molecule has 0 amide bonds. The number of aromatic nitrogens is 1. The molecule has 1 unspecified atom stereocenters. The van der Waals surface area contributed by atoms with Gasteiger partial charge in [-0.2, -0.15) is 0 Å². The maximum absolute atomic E-state index is 6.13. The number of benzene rings is 1. The number of nitrogens with zero attached hydrogens (tertiary/aromatic N) is 1. The summed E-state index contributed by atoms with van der Waals surface area (Å²) in [7, 11) is 0. The molecule has 4 rings (SSSR count). The summed E-state index contributed by atoms with van der Waals surface area (Å²) in [6.45, 7) is 0. The monoisotopic (exact) mass is 352 g/mol. The molecule has 0 saturated heterocycles. The Hall–Kier alpha value is -0.750. The van der Waals surface area contributed by atoms with Crippen molar-refractivity contribution in [1.29, 1.82) is 0 Å². The quantitative estimate of drug-likeness (QED) is 0.600. The van der Waals surface area contributed by atoms with Gasteiger partial charge in [0.25, 0.3) is 0 Å². The average molecular weight is 353 g/mol. The Balaban J connectivity index is 1.62. The predicted molar refractivity (Wildman–Crippen MR) is 95.4 cm³/mol. The van der Waals surface area contributed by atoms with E-state index in [9.17, 15) is 0 Å². The molecule has 3 aromatic rings. The Morgan fingerprint density at radius 1 is 1.33 bits per heavy atom. The molecule has 1 aromatic carbocycles. The Morgan fingerprint density at radius 3 is 3.10 bits per heavy atom. The van der Waals surface area contributed by atoms with Crippen LogP contribution in [0.4, 0.5) is 5.69 Å². The van der Waals surface area contributed by atoms with Gasteiger partial charge >= 0.3 is 0 Å². The first-order valence-electron chi connectivity index (χ1n) is 6.72. The van der Waals surface area contributed by atoms with Gasteiger partial charge in [-0.1, -0.05) is 23.4 Å². The number of thiazole rings is 1. The van der Waals surface area contributed by atoms with Gasteiger partial charge in [0, 0.05) is 10.6 Å². The van der Waals surface area contributed by atoms with Crippen LogP contribution in [0, 0.1) is 0 Å². The second-order valence-corrected chi connectivity index (χ2v) is 8.88. The predicted octanol–water partition coefficient (Wildman–Crippen LogP) is 5.83. The van der Waals surface area contributed by atoms with Crippen molar-refractivity contribution in [2.75, 3.05) is 11.6 Å². The second-order valence-electron chi connectivity index (χ2n) is 5.03. The molecule has 1 N–H and O–H groups in total. The van der Waals surface area contributed by atoms with Crippen molar-refractivity contribution in [1.82, 2.24) is 4.98 Å². The van der Waals surface area contributed by atoms with Crippen molar-refractivity contribution in [3.05, 3.63) is 39.0 Å². The Morgan fingerprint density at radius 2 is 2.24 bits per heavy atom. The van der Waals surface area contributed by atoms with Gasteiger partial charge in [-0.15, -0.1) is 22.7 Å².